The lowest BCUT2D eigenvalue weighted by Gasteiger charge is -2.06. The third-order valence-corrected chi connectivity index (χ3v) is 3.92. The van der Waals surface area contributed by atoms with Crippen molar-refractivity contribution in [1.82, 2.24) is 5.32 Å². The Morgan fingerprint density at radius 3 is 2.95 bits per heavy atom. The van der Waals surface area contributed by atoms with Crippen LogP contribution in [0.2, 0.25) is 0 Å². The molecule has 1 heterocycles. The van der Waals surface area contributed by atoms with E-state index >= 15 is 0 Å². The molecule has 0 aliphatic carbocycles. The van der Waals surface area contributed by atoms with Crippen molar-refractivity contribution in [3.8, 4) is 6.07 Å². The SMILES string of the molecule is N#CC1=C(NC(=O)CCCSc2ccccc2)OCC1. The third-order valence-electron chi connectivity index (χ3n) is 2.82. The Labute approximate surface area is 122 Å². The number of rotatable bonds is 6. The number of nitrogens with one attached hydrogen (secondary N) is 1. The lowest BCUT2D eigenvalue weighted by Crippen LogP contribution is -2.23. The van der Waals surface area contributed by atoms with Crippen LogP contribution in [0.1, 0.15) is 19.3 Å². The fraction of sp³-hybridized carbons (Fsp3) is 0.333. The normalized spacial score (nSPS) is 13.8. The first-order chi connectivity index (χ1) is 9.79. The van der Waals surface area contributed by atoms with Gasteiger partial charge in [0.25, 0.3) is 0 Å². The molecular weight excluding hydrogens is 272 g/mol. The number of ether oxygens (including phenoxy) is 1. The van der Waals surface area contributed by atoms with Crippen molar-refractivity contribution in [2.45, 2.75) is 24.2 Å². The van der Waals surface area contributed by atoms with Crippen molar-refractivity contribution in [2.24, 2.45) is 0 Å². The molecule has 0 unspecified atom stereocenters. The summed E-state index contributed by atoms with van der Waals surface area (Å²) >= 11 is 1.73. The van der Waals surface area contributed by atoms with Crippen LogP contribution in [-0.2, 0) is 9.53 Å². The molecule has 1 N–H and O–H groups in total. The topological polar surface area (TPSA) is 62.1 Å². The second kappa shape index (κ2) is 7.61. The number of hydrogen-bond donors (Lipinski definition) is 1. The van der Waals surface area contributed by atoms with Crippen molar-refractivity contribution in [1.29, 1.82) is 5.26 Å². The first-order valence-corrected chi connectivity index (χ1v) is 7.52. The summed E-state index contributed by atoms with van der Waals surface area (Å²) in [5, 5.41) is 11.5. The molecule has 5 heteroatoms. The summed E-state index contributed by atoms with van der Waals surface area (Å²) in [4.78, 5) is 12.9. The Kier molecular flexibility index (Phi) is 5.51. The number of nitriles is 1. The Balaban J connectivity index is 1.67. The zero-order valence-electron chi connectivity index (χ0n) is 11.1. The van der Waals surface area contributed by atoms with E-state index in [4.69, 9.17) is 10.00 Å². The van der Waals surface area contributed by atoms with Gasteiger partial charge in [-0.25, -0.2) is 0 Å². The fourth-order valence-corrected chi connectivity index (χ4v) is 2.68. The highest BCUT2D eigenvalue weighted by atomic mass is 32.2. The second-order valence-corrected chi connectivity index (χ2v) is 5.50. The summed E-state index contributed by atoms with van der Waals surface area (Å²) in [5.41, 5.74) is 0.525. The molecule has 1 aliphatic heterocycles. The van der Waals surface area contributed by atoms with Crippen LogP contribution < -0.4 is 5.32 Å². The van der Waals surface area contributed by atoms with Gasteiger partial charge in [0.05, 0.1) is 12.2 Å². The zero-order chi connectivity index (χ0) is 14.2. The standard InChI is InChI=1S/C15H16N2O2S/c16-11-12-8-9-19-15(12)17-14(18)7-4-10-20-13-5-2-1-3-6-13/h1-3,5-6H,4,7-10H2,(H,17,18). The van der Waals surface area contributed by atoms with Crippen LogP contribution in [-0.4, -0.2) is 18.3 Å². The average molecular weight is 288 g/mol. The molecular formula is C15H16N2O2S. The van der Waals surface area contributed by atoms with Gasteiger partial charge in [-0.3, -0.25) is 10.1 Å². The molecule has 0 saturated carbocycles. The van der Waals surface area contributed by atoms with Crippen LogP contribution in [0.15, 0.2) is 46.7 Å². The number of carbonyl (C=O) groups excluding carboxylic acids is 1. The Morgan fingerprint density at radius 2 is 2.20 bits per heavy atom. The minimum absolute atomic E-state index is 0.0942. The Bertz CT molecular complexity index is 535. The smallest absolute Gasteiger partial charge is 0.226 e. The van der Waals surface area contributed by atoms with Crippen LogP contribution in [0.5, 0.6) is 0 Å². The van der Waals surface area contributed by atoms with Gasteiger partial charge in [-0.1, -0.05) is 18.2 Å². The van der Waals surface area contributed by atoms with Gasteiger partial charge in [0.1, 0.15) is 6.07 Å². The Morgan fingerprint density at radius 1 is 1.40 bits per heavy atom. The summed E-state index contributed by atoms with van der Waals surface area (Å²) in [6, 6.07) is 12.1. The minimum Gasteiger partial charge on any atom is -0.478 e. The molecule has 0 spiro atoms. The van der Waals surface area contributed by atoms with E-state index in [0.29, 0.717) is 30.9 Å². The van der Waals surface area contributed by atoms with E-state index in [-0.39, 0.29) is 5.91 Å². The molecule has 104 valence electrons. The van der Waals surface area contributed by atoms with E-state index in [1.165, 1.54) is 4.90 Å². The highest BCUT2D eigenvalue weighted by Gasteiger charge is 2.17. The van der Waals surface area contributed by atoms with Crippen molar-refractivity contribution in [3.05, 3.63) is 41.8 Å². The number of hydrogen-bond acceptors (Lipinski definition) is 4. The van der Waals surface area contributed by atoms with Gasteiger partial charge in [0.15, 0.2) is 0 Å². The van der Waals surface area contributed by atoms with Crippen molar-refractivity contribution < 1.29 is 9.53 Å². The number of amides is 1. The van der Waals surface area contributed by atoms with Gasteiger partial charge in [0, 0.05) is 17.7 Å². The van der Waals surface area contributed by atoms with E-state index in [0.717, 1.165) is 12.2 Å². The van der Waals surface area contributed by atoms with Crippen molar-refractivity contribution >= 4 is 17.7 Å². The van der Waals surface area contributed by atoms with Crippen LogP contribution in [0.3, 0.4) is 0 Å². The quantitative estimate of drug-likeness (QED) is 0.646. The lowest BCUT2D eigenvalue weighted by atomic mass is 10.2. The molecule has 20 heavy (non-hydrogen) atoms. The first-order valence-electron chi connectivity index (χ1n) is 6.53. The highest BCUT2D eigenvalue weighted by Crippen LogP contribution is 2.19. The summed E-state index contributed by atoms with van der Waals surface area (Å²) in [6.45, 7) is 0.475. The van der Waals surface area contributed by atoms with Gasteiger partial charge in [-0.15, -0.1) is 11.8 Å². The highest BCUT2D eigenvalue weighted by molar-refractivity contribution is 7.99. The van der Waals surface area contributed by atoms with Gasteiger partial charge >= 0.3 is 0 Å². The lowest BCUT2D eigenvalue weighted by molar-refractivity contribution is -0.121. The largest absolute Gasteiger partial charge is 0.478 e. The average Bonchev–Trinajstić information content (AvgIpc) is 2.92. The van der Waals surface area contributed by atoms with Crippen LogP contribution in [0.4, 0.5) is 0 Å². The summed E-state index contributed by atoms with van der Waals surface area (Å²) in [7, 11) is 0. The van der Waals surface area contributed by atoms with Crippen molar-refractivity contribution in [2.75, 3.05) is 12.4 Å². The van der Waals surface area contributed by atoms with E-state index in [1.807, 2.05) is 24.3 Å². The predicted molar refractivity (Wildman–Crippen MR) is 77.8 cm³/mol. The molecule has 1 aliphatic rings. The maximum atomic E-state index is 11.7. The number of carbonyl (C=O) groups is 1. The number of nitrogens with zero attached hydrogens (tertiary/aromatic N) is 1. The van der Waals surface area contributed by atoms with Gasteiger partial charge < -0.3 is 4.74 Å². The van der Waals surface area contributed by atoms with Crippen LogP contribution in [0, 0.1) is 11.3 Å². The monoisotopic (exact) mass is 288 g/mol. The molecule has 1 amide bonds. The van der Waals surface area contributed by atoms with E-state index in [2.05, 4.69) is 17.4 Å². The molecule has 2 rings (SSSR count). The van der Waals surface area contributed by atoms with Gasteiger partial charge in [0.2, 0.25) is 11.8 Å². The van der Waals surface area contributed by atoms with Gasteiger partial charge in [-0.05, 0) is 24.3 Å². The molecule has 1 aromatic carbocycles. The number of benzene rings is 1. The molecule has 0 fully saturated rings. The summed E-state index contributed by atoms with van der Waals surface area (Å²) < 4.78 is 5.22. The van der Waals surface area contributed by atoms with Gasteiger partial charge in [-0.2, -0.15) is 5.26 Å². The van der Waals surface area contributed by atoms with E-state index in [1.54, 1.807) is 11.8 Å². The maximum absolute atomic E-state index is 11.7. The zero-order valence-corrected chi connectivity index (χ0v) is 11.9. The fourth-order valence-electron chi connectivity index (χ4n) is 1.80. The molecule has 1 aromatic rings. The minimum atomic E-state index is -0.0942. The summed E-state index contributed by atoms with van der Waals surface area (Å²) in [6.07, 6.45) is 1.81. The van der Waals surface area contributed by atoms with Crippen molar-refractivity contribution in [3.63, 3.8) is 0 Å². The van der Waals surface area contributed by atoms with Crippen LogP contribution >= 0.6 is 11.8 Å². The molecule has 0 bridgehead atoms. The molecule has 0 saturated heterocycles. The summed E-state index contributed by atoms with van der Waals surface area (Å²) in [5.74, 6) is 1.14. The van der Waals surface area contributed by atoms with E-state index < -0.39 is 0 Å². The third kappa shape index (κ3) is 4.32. The Hall–Kier alpha value is -1.93. The maximum Gasteiger partial charge on any atom is 0.226 e. The molecule has 4 nitrogen and oxygen atoms in total. The first kappa shape index (κ1) is 14.5. The molecule has 0 atom stereocenters. The van der Waals surface area contributed by atoms with E-state index in [9.17, 15) is 4.79 Å². The number of thioether (sulfide) groups is 1. The second-order valence-electron chi connectivity index (χ2n) is 4.33. The molecule has 0 aromatic heterocycles. The predicted octanol–water partition coefficient (Wildman–Crippen LogP) is 2.83. The van der Waals surface area contributed by atoms with Crippen LogP contribution in [0.25, 0.3) is 0 Å². The molecule has 0 radical (unpaired) electrons.